The van der Waals surface area contributed by atoms with Crippen LogP contribution in [0.25, 0.3) is 0 Å². The highest BCUT2D eigenvalue weighted by molar-refractivity contribution is 6.42. The van der Waals surface area contributed by atoms with Gasteiger partial charge in [-0.3, -0.25) is 14.5 Å². The Hall–Kier alpha value is -2.18. The maximum absolute atomic E-state index is 13.3. The minimum atomic E-state index is -0.965. The maximum atomic E-state index is 13.3. The predicted molar refractivity (Wildman–Crippen MR) is 145 cm³/mol. The second-order valence-corrected chi connectivity index (χ2v) is 11.2. The van der Waals surface area contributed by atoms with Gasteiger partial charge >= 0.3 is 0 Å². The largest absolute Gasteiger partial charge is 0.388 e. The summed E-state index contributed by atoms with van der Waals surface area (Å²) in [6.07, 6.45) is 4.75. The van der Waals surface area contributed by atoms with Crippen LogP contribution < -0.4 is 0 Å². The van der Waals surface area contributed by atoms with Crippen molar-refractivity contribution >= 4 is 34.9 Å². The molecule has 0 radical (unpaired) electrons. The van der Waals surface area contributed by atoms with E-state index in [0.29, 0.717) is 41.4 Å². The van der Waals surface area contributed by atoms with Gasteiger partial charge in [0.05, 0.1) is 22.1 Å². The van der Waals surface area contributed by atoms with E-state index in [1.54, 1.807) is 19.1 Å². The molecule has 1 saturated heterocycles. The van der Waals surface area contributed by atoms with Crippen LogP contribution in [0.15, 0.2) is 55.1 Å². The molecule has 4 rings (SSSR count). The SMILES string of the molecule is C=CCN1CCC2(c3cccc(C(C)=O)c3)CC(N(C)C(=O)Cc3ccc(Cl)c(Cl)c3)CCC2(O)C1. The number of aliphatic hydroxyl groups is 1. The van der Waals surface area contributed by atoms with Gasteiger partial charge in [-0.1, -0.05) is 53.5 Å². The van der Waals surface area contributed by atoms with Gasteiger partial charge in [-0.2, -0.15) is 0 Å². The van der Waals surface area contributed by atoms with E-state index in [1.165, 1.54) is 0 Å². The van der Waals surface area contributed by atoms with Crippen LogP contribution in [0.1, 0.15) is 54.1 Å². The van der Waals surface area contributed by atoms with Gasteiger partial charge in [-0.05, 0) is 68.5 Å². The number of hydrogen-bond acceptors (Lipinski definition) is 4. The van der Waals surface area contributed by atoms with Gasteiger partial charge in [0.15, 0.2) is 5.78 Å². The molecule has 5 nitrogen and oxygen atoms in total. The Labute approximate surface area is 223 Å². The van der Waals surface area contributed by atoms with Crippen molar-refractivity contribution in [2.24, 2.45) is 0 Å². The molecular formula is C29H34Cl2N2O3. The van der Waals surface area contributed by atoms with Crippen molar-refractivity contribution in [2.45, 2.75) is 56.1 Å². The normalized spacial score (nSPS) is 26.2. The molecule has 1 N–H and O–H groups in total. The van der Waals surface area contributed by atoms with Crippen LogP contribution in [0.5, 0.6) is 0 Å². The summed E-state index contributed by atoms with van der Waals surface area (Å²) in [6.45, 7) is 7.50. The summed E-state index contributed by atoms with van der Waals surface area (Å²) < 4.78 is 0. The van der Waals surface area contributed by atoms with E-state index in [9.17, 15) is 14.7 Å². The van der Waals surface area contributed by atoms with E-state index < -0.39 is 11.0 Å². The molecule has 2 aromatic rings. The van der Waals surface area contributed by atoms with Gasteiger partial charge in [0.1, 0.15) is 0 Å². The number of hydrogen-bond donors (Lipinski definition) is 1. The first-order valence-corrected chi connectivity index (χ1v) is 13.2. The summed E-state index contributed by atoms with van der Waals surface area (Å²) in [5.74, 6) is 0.00252. The van der Waals surface area contributed by atoms with E-state index in [4.69, 9.17) is 23.2 Å². The first-order chi connectivity index (χ1) is 17.1. The van der Waals surface area contributed by atoms with Crippen molar-refractivity contribution in [1.29, 1.82) is 0 Å². The fraction of sp³-hybridized carbons (Fsp3) is 0.448. The number of carbonyl (C=O) groups is 2. The summed E-state index contributed by atoms with van der Waals surface area (Å²) in [6, 6.07) is 12.9. The van der Waals surface area contributed by atoms with Crippen LogP contribution in [0.4, 0.5) is 0 Å². The lowest BCUT2D eigenvalue weighted by atomic mass is 9.55. The van der Waals surface area contributed by atoms with Gasteiger partial charge in [-0.15, -0.1) is 6.58 Å². The number of likely N-dealkylation sites (tertiary alicyclic amines) is 1. The first kappa shape index (κ1) is 26.9. The maximum Gasteiger partial charge on any atom is 0.226 e. The smallest absolute Gasteiger partial charge is 0.226 e. The lowest BCUT2D eigenvalue weighted by Crippen LogP contribution is -2.67. The number of nitrogens with zero attached hydrogens (tertiary/aromatic N) is 2. The number of rotatable bonds is 7. The molecule has 2 aliphatic rings. The molecule has 0 aromatic heterocycles. The van der Waals surface area contributed by atoms with Crippen molar-refractivity contribution in [3.63, 3.8) is 0 Å². The van der Waals surface area contributed by atoms with E-state index >= 15 is 0 Å². The number of fused-ring (bicyclic) bond motifs is 1. The molecule has 3 unspecified atom stereocenters. The van der Waals surface area contributed by atoms with Gasteiger partial charge in [0.2, 0.25) is 5.91 Å². The second-order valence-electron chi connectivity index (χ2n) is 10.4. The molecule has 0 spiro atoms. The fourth-order valence-corrected chi connectivity index (χ4v) is 6.41. The minimum absolute atomic E-state index is 0.000518. The van der Waals surface area contributed by atoms with Crippen molar-refractivity contribution < 1.29 is 14.7 Å². The lowest BCUT2D eigenvalue weighted by molar-refractivity contribution is -0.146. The first-order valence-electron chi connectivity index (χ1n) is 12.5. The van der Waals surface area contributed by atoms with Crippen LogP contribution in [0.3, 0.4) is 0 Å². The number of benzene rings is 2. The molecule has 1 heterocycles. The molecule has 1 aliphatic heterocycles. The Morgan fingerprint density at radius 3 is 2.67 bits per heavy atom. The number of β-amino-alcohol motifs (C(OH)–C–C–N with tert-alkyl or cyclic N) is 1. The third-order valence-electron chi connectivity index (χ3n) is 8.20. The van der Waals surface area contributed by atoms with E-state index in [2.05, 4.69) is 11.5 Å². The number of halogens is 2. The van der Waals surface area contributed by atoms with E-state index in [-0.39, 0.29) is 24.2 Å². The molecule has 1 aliphatic carbocycles. The summed E-state index contributed by atoms with van der Waals surface area (Å²) in [4.78, 5) is 29.5. The molecule has 1 amide bonds. The van der Waals surface area contributed by atoms with Crippen LogP contribution in [0, 0.1) is 0 Å². The highest BCUT2D eigenvalue weighted by Gasteiger charge is 2.58. The molecule has 3 atom stereocenters. The van der Waals surface area contributed by atoms with Crippen LogP contribution in [-0.2, 0) is 16.6 Å². The number of Topliss-reactive ketones (excluding diaryl/α,β-unsaturated/α-hetero) is 1. The zero-order chi connectivity index (χ0) is 26.1. The average molecular weight is 530 g/mol. The molecule has 2 fully saturated rings. The minimum Gasteiger partial charge on any atom is -0.388 e. The van der Waals surface area contributed by atoms with Crippen LogP contribution in [0.2, 0.25) is 10.0 Å². The van der Waals surface area contributed by atoms with Crippen molar-refractivity contribution in [2.75, 3.05) is 26.7 Å². The van der Waals surface area contributed by atoms with Gasteiger partial charge in [0.25, 0.3) is 0 Å². The second kappa shape index (κ2) is 10.7. The quantitative estimate of drug-likeness (QED) is 0.390. The van der Waals surface area contributed by atoms with Crippen LogP contribution >= 0.6 is 23.2 Å². The average Bonchev–Trinajstić information content (AvgIpc) is 2.85. The highest BCUT2D eigenvalue weighted by atomic mass is 35.5. The molecule has 2 aromatic carbocycles. The Morgan fingerprint density at radius 1 is 1.19 bits per heavy atom. The van der Waals surface area contributed by atoms with Gasteiger partial charge in [-0.25, -0.2) is 0 Å². The van der Waals surface area contributed by atoms with Crippen molar-refractivity contribution in [3.8, 4) is 0 Å². The highest BCUT2D eigenvalue weighted by Crippen LogP contribution is 2.52. The zero-order valence-electron chi connectivity index (χ0n) is 21.0. The summed E-state index contributed by atoms with van der Waals surface area (Å²) in [5, 5.41) is 13.1. The monoisotopic (exact) mass is 528 g/mol. The van der Waals surface area contributed by atoms with E-state index in [0.717, 1.165) is 30.6 Å². The number of likely N-dealkylation sites (N-methyl/N-ethyl adjacent to an activating group) is 1. The molecule has 7 heteroatoms. The third-order valence-corrected chi connectivity index (χ3v) is 8.93. The summed E-state index contributed by atoms with van der Waals surface area (Å²) in [7, 11) is 1.85. The topological polar surface area (TPSA) is 60.9 Å². The Morgan fingerprint density at radius 2 is 1.97 bits per heavy atom. The Bertz CT molecular complexity index is 1170. The van der Waals surface area contributed by atoms with Crippen LogP contribution in [-0.4, -0.2) is 64.9 Å². The number of ketones is 1. The zero-order valence-corrected chi connectivity index (χ0v) is 22.5. The number of carbonyl (C=O) groups excluding carboxylic acids is 2. The van der Waals surface area contributed by atoms with Gasteiger partial charge in [0, 0.05) is 37.2 Å². The van der Waals surface area contributed by atoms with E-state index in [1.807, 2.05) is 48.4 Å². The predicted octanol–water partition coefficient (Wildman–Crippen LogP) is 5.31. The fourth-order valence-electron chi connectivity index (χ4n) is 6.09. The van der Waals surface area contributed by atoms with Crippen molar-refractivity contribution in [1.82, 2.24) is 9.80 Å². The number of piperidine rings is 1. The number of amides is 1. The standard InChI is InChI=1S/C29H34Cl2N2O3/c1-4-13-33-14-12-28(23-7-5-6-22(17-23)20(2)34)18-24(10-11-29(28,36)19-33)32(3)27(35)16-21-8-9-25(30)26(31)15-21/h4-9,15,17,24,36H,1,10-14,16,18-19H2,2-3H3. The molecule has 1 saturated carbocycles. The Kier molecular flexibility index (Phi) is 7.96. The summed E-state index contributed by atoms with van der Waals surface area (Å²) >= 11 is 12.2. The molecular weight excluding hydrogens is 495 g/mol. The van der Waals surface area contributed by atoms with Gasteiger partial charge < -0.3 is 10.0 Å². The molecule has 0 bridgehead atoms. The van der Waals surface area contributed by atoms with Crippen molar-refractivity contribution in [3.05, 3.63) is 81.9 Å². The lowest BCUT2D eigenvalue weighted by Gasteiger charge is -2.59. The Balaban J connectivity index is 1.64. The molecule has 36 heavy (non-hydrogen) atoms. The molecule has 192 valence electrons. The third kappa shape index (κ3) is 5.12. The summed E-state index contributed by atoms with van der Waals surface area (Å²) in [5.41, 5.74) is 0.912.